The Balaban J connectivity index is 1.65. The fourth-order valence-corrected chi connectivity index (χ4v) is 3.51. The van der Waals surface area contributed by atoms with E-state index in [1.54, 1.807) is 28.9 Å². The van der Waals surface area contributed by atoms with Crippen LogP contribution >= 0.6 is 11.8 Å². The molecule has 0 aromatic carbocycles. The molecule has 2 aromatic rings. The zero-order valence-electron chi connectivity index (χ0n) is 11.4. The second-order valence-corrected chi connectivity index (χ2v) is 6.07. The summed E-state index contributed by atoms with van der Waals surface area (Å²) < 4.78 is 7.04. The van der Waals surface area contributed by atoms with Crippen molar-refractivity contribution in [3.63, 3.8) is 0 Å². The van der Waals surface area contributed by atoms with Crippen LogP contribution in [0.2, 0.25) is 0 Å². The summed E-state index contributed by atoms with van der Waals surface area (Å²) in [5.74, 6) is 1.84. The van der Waals surface area contributed by atoms with Crippen LogP contribution in [0.3, 0.4) is 0 Å². The van der Waals surface area contributed by atoms with Crippen molar-refractivity contribution in [3.8, 4) is 0 Å². The highest BCUT2D eigenvalue weighted by atomic mass is 32.2. The summed E-state index contributed by atoms with van der Waals surface area (Å²) >= 11 is 1.66. The molecule has 0 N–H and O–H groups in total. The van der Waals surface area contributed by atoms with E-state index in [1.807, 2.05) is 30.3 Å². The Kier molecular flexibility index (Phi) is 3.82. The Morgan fingerprint density at radius 1 is 1.55 bits per heavy atom. The van der Waals surface area contributed by atoms with Crippen molar-refractivity contribution in [3.05, 3.63) is 36.5 Å². The number of carbonyl (C=O) groups excluding carboxylic acids is 1. The Morgan fingerprint density at radius 3 is 3.15 bits per heavy atom. The van der Waals surface area contributed by atoms with Gasteiger partial charge in [0.15, 0.2) is 0 Å². The van der Waals surface area contributed by atoms with Gasteiger partial charge in [0.05, 0.1) is 29.2 Å². The number of aryl methyl sites for hydroxylation is 1. The van der Waals surface area contributed by atoms with E-state index in [-0.39, 0.29) is 11.2 Å². The molecule has 20 heavy (non-hydrogen) atoms. The Morgan fingerprint density at radius 2 is 2.45 bits per heavy atom. The minimum atomic E-state index is 0.00839. The van der Waals surface area contributed by atoms with Crippen LogP contribution in [0.5, 0.6) is 0 Å². The lowest BCUT2D eigenvalue weighted by Crippen LogP contribution is -2.42. The largest absolute Gasteiger partial charge is 0.468 e. The van der Waals surface area contributed by atoms with Gasteiger partial charge in [-0.15, -0.1) is 11.8 Å². The van der Waals surface area contributed by atoms with E-state index in [4.69, 9.17) is 4.42 Å². The monoisotopic (exact) mass is 291 g/mol. The lowest BCUT2D eigenvalue weighted by molar-refractivity contribution is -0.119. The van der Waals surface area contributed by atoms with E-state index in [2.05, 4.69) is 5.10 Å². The second kappa shape index (κ2) is 5.75. The van der Waals surface area contributed by atoms with Gasteiger partial charge in [-0.3, -0.25) is 9.48 Å². The fraction of sp³-hybridized carbons (Fsp3) is 0.429. The first-order chi connectivity index (χ1) is 9.74. The molecule has 6 heteroatoms. The molecule has 0 aliphatic carbocycles. The Bertz CT molecular complexity index is 579. The highest BCUT2D eigenvalue weighted by Gasteiger charge is 2.30. The summed E-state index contributed by atoms with van der Waals surface area (Å²) in [4.78, 5) is 14.4. The number of piperidine rings is 1. The van der Waals surface area contributed by atoms with Crippen molar-refractivity contribution < 1.29 is 9.21 Å². The van der Waals surface area contributed by atoms with Crippen LogP contribution in [0, 0.1) is 0 Å². The average molecular weight is 291 g/mol. The van der Waals surface area contributed by atoms with Crippen LogP contribution in [0.25, 0.3) is 0 Å². The van der Waals surface area contributed by atoms with E-state index < -0.39 is 0 Å². The van der Waals surface area contributed by atoms with Gasteiger partial charge in [-0.05, 0) is 25.0 Å². The molecule has 106 valence electrons. The molecule has 1 aliphatic heterocycles. The molecule has 0 unspecified atom stereocenters. The van der Waals surface area contributed by atoms with Crippen LogP contribution in [-0.4, -0.2) is 27.5 Å². The number of carbonyl (C=O) groups is 1. The van der Waals surface area contributed by atoms with Crippen molar-refractivity contribution in [1.82, 2.24) is 9.78 Å². The number of thioether (sulfide) groups is 1. The molecule has 1 saturated heterocycles. The lowest BCUT2D eigenvalue weighted by Gasteiger charge is -2.30. The molecular formula is C14H17N3O2S. The summed E-state index contributed by atoms with van der Waals surface area (Å²) in [6.07, 6.45) is 7.26. The third-order valence-corrected chi connectivity index (χ3v) is 4.69. The molecule has 1 amide bonds. The third-order valence-electron chi connectivity index (χ3n) is 3.40. The number of hydrogen-bond donors (Lipinski definition) is 0. The predicted octanol–water partition coefficient (Wildman–Crippen LogP) is 2.44. The summed E-state index contributed by atoms with van der Waals surface area (Å²) in [5, 5.41) is 4.15. The first-order valence-corrected chi connectivity index (χ1v) is 7.73. The first-order valence-electron chi connectivity index (χ1n) is 6.68. The van der Waals surface area contributed by atoms with E-state index in [1.165, 1.54) is 0 Å². The van der Waals surface area contributed by atoms with Crippen LogP contribution in [0.1, 0.15) is 18.6 Å². The standard InChI is InChI=1S/C14H17N3O2S/c1-16-9-11(8-15-16)17-6-2-5-13(14(17)18)20-10-12-4-3-7-19-12/h3-4,7-9,13H,2,5-6,10H2,1H3/t13-/m1/s1. The molecule has 0 saturated carbocycles. The predicted molar refractivity (Wildman–Crippen MR) is 78.6 cm³/mol. The van der Waals surface area contributed by atoms with Gasteiger partial charge in [0.1, 0.15) is 5.76 Å². The first kappa shape index (κ1) is 13.3. The van der Waals surface area contributed by atoms with Crippen molar-refractivity contribution in [1.29, 1.82) is 0 Å². The molecule has 1 atom stereocenters. The van der Waals surface area contributed by atoms with Crippen LogP contribution in [0.4, 0.5) is 5.69 Å². The summed E-state index contributed by atoms with van der Waals surface area (Å²) in [7, 11) is 1.86. The van der Waals surface area contributed by atoms with Gasteiger partial charge in [0.25, 0.3) is 0 Å². The zero-order valence-corrected chi connectivity index (χ0v) is 12.2. The topological polar surface area (TPSA) is 51.3 Å². The van der Waals surface area contributed by atoms with Gasteiger partial charge < -0.3 is 9.32 Å². The Hall–Kier alpha value is -1.69. The molecule has 2 aromatic heterocycles. The number of anilines is 1. The molecule has 5 nitrogen and oxygen atoms in total. The average Bonchev–Trinajstić information content (AvgIpc) is 3.09. The van der Waals surface area contributed by atoms with Crippen molar-refractivity contribution in [2.75, 3.05) is 11.4 Å². The minimum Gasteiger partial charge on any atom is -0.468 e. The molecule has 0 radical (unpaired) electrons. The molecule has 3 heterocycles. The smallest absolute Gasteiger partial charge is 0.240 e. The number of amides is 1. The molecule has 3 rings (SSSR count). The zero-order chi connectivity index (χ0) is 13.9. The maximum absolute atomic E-state index is 12.5. The number of furan rings is 1. The van der Waals surface area contributed by atoms with E-state index in [9.17, 15) is 4.79 Å². The molecular weight excluding hydrogens is 274 g/mol. The molecule has 1 aliphatic rings. The van der Waals surface area contributed by atoms with Crippen molar-refractivity contribution in [2.24, 2.45) is 7.05 Å². The highest BCUT2D eigenvalue weighted by molar-refractivity contribution is 7.99. The minimum absolute atomic E-state index is 0.00839. The number of hydrogen-bond acceptors (Lipinski definition) is 4. The quantitative estimate of drug-likeness (QED) is 0.868. The van der Waals surface area contributed by atoms with E-state index in [0.717, 1.165) is 36.6 Å². The summed E-state index contributed by atoms with van der Waals surface area (Å²) in [6, 6.07) is 3.82. The number of nitrogens with zero attached hydrogens (tertiary/aromatic N) is 3. The SMILES string of the molecule is Cn1cc(N2CCC[C@@H](SCc3ccco3)C2=O)cn1. The van der Waals surface area contributed by atoms with Gasteiger partial charge in [0.2, 0.25) is 5.91 Å². The van der Waals surface area contributed by atoms with Crippen LogP contribution < -0.4 is 4.90 Å². The summed E-state index contributed by atoms with van der Waals surface area (Å²) in [5.41, 5.74) is 0.890. The number of rotatable bonds is 4. The van der Waals surface area contributed by atoms with Crippen molar-refractivity contribution >= 4 is 23.4 Å². The van der Waals surface area contributed by atoms with E-state index >= 15 is 0 Å². The summed E-state index contributed by atoms with van der Waals surface area (Å²) in [6.45, 7) is 0.780. The molecule has 0 spiro atoms. The van der Waals surface area contributed by atoms with Gasteiger partial charge in [-0.25, -0.2) is 0 Å². The third kappa shape index (κ3) is 2.75. The maximum atomic E-state index is 12.5. The normalized spacial score (nSPS) is 19.6. The van der Waals surface area contributed by atoms with Crippen LogP contribution in [-0.2, 0) is 17.6 Å². The van der Waals surface area contributed by atoms with Gasteiger partial charge >= 0.3 is 0 Å². The van der Waals surface area contributed by atoms with Gasteiger partial charge in [0, 0.05) is 19.8 Å². The van der Waals surface area contributed by atoms with E-state index in [0.29, 0.717) is 0 Å². The van der Waals surface area contributed by atoms with Crippen molar-refractivity contribution in [2.45, 2.75) is 23.8 Å². The maximum Gasteiger partial charge on any atom is 0.240 e. The second-order valence-electron chi connectivity index (χ2n) is 4.88. The lowest BCUT2D eigenvalue weighted by atomic mass is 10.1. The Labute approximate surface area is 121 Å². The van der Waals surface area contributed by atoms with Gasteiger partial charge in [-0.2, -0.15) is 5.10 Å². The highest BCUT2D eigenvalue weighted by Crippen LogP contribution is 2.29. The molecule has 0 bridgehead atoms. The fourth-order valence-electron chi connectivity index (χ4n) is 2.38. The van der Waals surface area contributed by atoms with Gasteiger partial charge in [-0.1, -0.05) is 0 Å². The van der Waals surface area contributed by atoms with Crippen LogP contribution in [0.15, 0.2) is 35.2 Å². The number of aromatic nitrogens is 2. The molecule has 1 fully saturated rings.